The zero-order chi connectivity index (χ0) is 17.5. The summed E-state index contributed by atoms with van der Waals surface area (Å²) >= 11 is 1.63. The van der Waals surface area contributed by atoms with Gasteiger partial charge in [-0.25, -0.2) is 9.98 Å². The van der Waals surface area contributed by atoms with Gasteiger partial charge in [0.2, 0.25) is 5.91 Å². The van der Waals surface area contributed by atoms with Crippen LogP contribution in [0, 0.1) is 5.92 Å². The van der Waals surface area contributed by atoms with E-state index in [-0.39, 0.29) is 5.91 Å². The summed E-state index contributed by atoms with van der Waals surface area (Å²) in [5.74, 6) is 0.994. The summed E-state index contributed by atoms with van der Waals surface area (Å²) in [5.41, 5.74) is 6.33. The summed E-state index contributed by atoms with van der Waals surface area (Å²) in [6, 6.07) is 0. The molecule has 7 nitrogen and oxygen atoms in total. The standard InChI is InChI=1S/C16H28N6OS/c1-4-18-15(19-9-13-11-24-16(20-13)21(2)3)22-7-5-6-12(10-22)8-14(17)23/h11-12H,4-10H2,1-3H3,(H2,17,23)(H,18,19). The summed E-state index contributed by atoms with van der Waals surface area (Å²) < 4.78 is 0. The Kier molecular flexibility index (Phi) is 6.84. The Balaban J connectivity index is 2.02. The number of likely N-dealkylation sites (tertiary alicyclic amines) is 1. The average molecular weight is 353 g/mol. The first-order chi connectivity index (χ1) is 11.5. The Morgan fingerprint density at radius 2 is 2.38 bits per heavy atom. The van der Waals surface area contributed by atoms with Gasteiger partial charge in [0, 0.05) is 45.5 Å². The molecule has 1 fully saturated rings. The first-order valence-corrected chi connectivity index (χ1v) is 9.30. The minimum Gasteiger partial charge on any atom is -0.370 e. The molecule has 3 N–H and O–H groups in total. The van der Waals surface area contributed by atoms with Crippen LogP contribution in [0.1, 0.15) is 31.9 Å². The number of nitrogens with zero attached hydrogens (tertiary/aromatic N) is 4. The molecule has 1 atom stereocenters. The molecule has 0 bridgehead atoms. The number of amides is 1. The quantitative estimate of drug-likeness (QED) is 0.595. The Morgan fingerprint density at radius 3 is 3.00 bits per heavy atom. The molecule has 1 unspecified atom stereocenters. The van der Waals surface area contributed by atoms with Gasteiger partial charge in [-0.3, -0.25) is 4.79 Å². The predicted octanol–water partition coefficient (Wildman–Crippen LogP) is 1.26. The Morgan fingerprint density at radius 1 is 1.58 bits per heavy atom. The molecule has 1 saturated heterocycles. The molecular formula is C16H28N6OS. The van der Waals surface area contributed by atoms with Crippen LogP contribution >= 0.6 is 11.3 Å². The van der Waals surface area contributed by atoms with Crippen LogP contribution in [0.15, 0.2) is 10.4 Å². The van der Waals surface area contributed by atoms with Gasteiger partial charge in [0.25, 0.3) is 0 Å². The van der Waals surface area contributed by atoms with Gasteiger partial charge >= 0.3 is 0 Å². The lowest BCUT2D eigenvalue weighted by molar-refractivity contribution is -0.119. The second-order valence-electron chi connectivity index (χ2n) is 6.31. The number of guanidine groups is 1. The number of hydrogen-bond donors (Lipinski definition) is 2. The van der Waals surface area contributed by atoms with E-state index in [9.17, 15) is 4.79 Å². The molecule has 1 aliphatic rings. The van der Waals surface area contributed by atoms with E-state index in [0.29, 0.717) is 18.9 Å². The van der Waals surface area contributed by atoms with Gasteiger partial charge in [-0.2, -0.15) is 0 Å². The smallest absolute Gasteiger partial charge is 0.217 e. The van der Waals surface area contributed by atoms with Crippen LogP contribution in [0.3, 0.4) is 0 Å². The fourth-order valence-corrected chi connectivity index (χ4v) is 3.61. The van der Waals surface area contributed by atoms with Crippen molar-refractivity contribution >= 4 is 28.3 Å². The molecule has 0 aromatic carbocycles. The topological polar surface area (TPSA) is 86.8 Å². The van der Waals surface area contributed by atoms with E-state index in [1.165, 1.54) is 0 Å². The minimum absolute atomic E-state index is 0.220. The van der Waals surface area contributed by atoms with Crippen LogP contribution in [0.25, 0.3) is 0 Å². The molecule has 1 aromatic heterocycles. The predicted molar refractivity (Wildman–Crippen MR) is 99.4 cm³/mol. The summed E-state index contributed by atoms with van der Waals surface area (Å²) in [5, 5.41) is 6.39. The van der Waals surface area contributed by atoms with Crippen molar-refractivity contribution in [3.63, 3.8) is 0 Å². The van der Waals surface area contributed by atoms with E-state index in [4.69, 9.17) is 10.7 Å². The van der Waals surface area contributed by atoms with Gasteiger partial charge in [0.15, 0.2) is 11.1 Å². The third-order valence-corrected chi connectivity index (χ3v) is 5.01. The number of carbonyl (C=O) groups excluding carboxylic acids is 1. The van der Waals surface area contributed by atoms with Gasteiger partial charge in [0.05, 0.1) is 12.2 Å². The van der Waals surface area contributed by atoms with Crippen LogP contribution in [0.4, 0.5) is 5.13 Å². The zero-order valence-corrected chi connectivity index (χ0v) is 15.6. The monoisotopic (exact) mass is 352 g/mol. The Bertz CT molecular complexity index is 571. The number of thiazole rings is 1. The maximum atomic E-state index is 11.2. The van der Waals surface area contributed by atoms with Crippen molar-refractivity contribution in [2.75, 3.05) is 38.6 Å². The molecule has 1 aromatic rings. The van der Waals surface area contributed by atoms with Gasteiger partial charge in [-0.15, -0.1) is 11.3 Å². The number of piperidine rings is 1. The van der Waals surface area contributed by atoms with Crippen molar-refractivity contribution < 1.29 is 4.79 Å². The van der Waals surface area contributed by atoms with Crippen molar-refractivity contribution in [2.45, 2.75) is 32.7 Å². The molecule has 2 heterocycles. The minimum atomic E-state index is -0.220. The number of anilines is 1. The molecule has 24 heavy (non-hydrogen) atoms. The number of aromatic nitrogens is 1. The molecule has 2 rings (SSSR count). The van der Waals surface area contributed by atoms with Gasteiger partial charge in [-0.05, 0) is 25.7 Å². The van der Waals surface area contributed by atoms with E-state index in [0.717, 1.165) is 49.3 Å². The molecular weight excluding hydrogens is 324 g/mol. The van der Waals surface area contributed by atoms with Crippen molar-refractivity contribution in [1.29, 1.82) is 0 Å². The van der Waals surface area contributed by atoms with E-state index in [2.05, 4.69) is 27.5 Å². The number of primary amides is 1. The van der Waals surface area contributed by atoms with Crippen LogP contribution in [0.5, 0.6) is 0 Å². The maximum Gasteiger partial charge on any atom is 0.217 e. The first-order valence-electron chi connectivity index (χ1n) is 8.42. The Hall–Kier alpha value is -1.83. The summed E-state index contributed by atoms with van der Waals surface area (Å²) in [6.45, 7) is 5.22. The first kappa shape index (κ1) is 18.5. The highest BCUT2D eigenvalue weighted by molar-refractivity contribution is 7.13. The molecule has 0 spiro atoms. The fraction of sp³-hybridized carbons (Fsp3) is 0.688. The molecule has 134 valence electrons. The normalized spacial score (nSPS) is 18.5. The largest absolute Gasteiger partial charge is 0.370 e. The second kappa shape index (κ2) is 8.86. The number of rotatable bonds is 6. The highest BCUT2D eigenvalue weighted by Crippen LogP contribution is 2.21. The number of hydrogen-bond acceptors (Lipinski definition) is 5. The van der Waals surface area contributed by atoms with E-state index in [1.54, 1.807) is 11.3 Å². The highest BCUT2D eigenvalue weighted by atomic mass is 32.1. The number of nitrogens with one attached hydrogen (secondary N) is 1. The lowest BCUT2D eigenvalue weighted by Gasteiger charge is -2.34. The molecule has 1 aliphatic heterocycles. The van der Waals surface area contributed by atoms with Crippen LogP contribution < -0.4 is 16.0 Å². The summed E-state index contributed by atoms with van der Waals surface area (Å²) in [6.07, 6.45) is 2.56. The third kappa shape index (κ3) is 5.36. The summed E-state index contributed by atoms with van der Waals surface area (Å²) in [7, 11) is 3.98. The van der Waals surface area contributed by atoms with Crippen molar-refractivity contribution in [2.24, 2.45) is 16.6 Å². The molecule has 8 heteroatoms. The maximum absolute atomic E-state index is 11.2. The van der Waals surface area contributed by atoms with E-state index in [1.807, 2.05) is 19.0 Å². The van der Waals surface area contributed by atoms with Crippen molar-refractivity contribution in [1.82, 2.24) is 15.2 Å². The molecule has 0 saturated carbocycles. The third-order valence-electron chi connectivity index (χ3n) is 3.96. The van der Waals surface area contributed by atoms with Crippen LogP contribution in [0.2, 0.25) is 0 Å². The van der Waals surface area contributed by atoms with Crippen molar-refractivity contribution in [3.8, 4) is 0 Å². The number of carbonyl (C=O) groups is 1. The second-order valence-corrected chi connectivity index (χ2v) is 7.15. The van der Waals surface area contributed by atoms with Crippen LogP contribution in [-0.4, -0.2) is 55.5 Å². The zero-order valence-electron chi connectivity index (χ0n) is 14.8. The molecule has 0 aliphatic carbocycles. The number of nitrogens with two attached hydrogens (primary N) is 1. The lowest BCUT2D eigenvalue weighted by Crippen LogP contribution is -2.47. The van der Waals surface area contributed by atoms with Gasteiger partial charge in [0.1, 0.15) is 0 Å². The molecule has 1 amide bonds. The average Bonchev–Trinajstić information content (AvgIpc) is 3.00. The highest BCUT2D eigenvalue weighted by Gasteiger charge is 2.23. The number of aliphatic imine (C=N–C) groups is 1. The van der Waals surface area contributed by atoms with Crippen molar-refractivity contribution in [3.05, 3.63) is 11.1 Å². The van der Waals surface area contributed by atoms with Gasteiger partial charge < -0.3 is 20.9 Å². The molecule has 0 radical (unpaired) electrons. The van der Waals surface area contributed by atoms with E-state index < -0.39 is 0 Å². The van der Waals surface area contributed by atoms with Crippen LogP contribution in [-0.2, 0) is 11.3 Å². The lowest BCUT2D eigenvalue weighted by atomic mass is 9.95. The van der Waals surface area contributed by atoms with E-state index >= 15 is 0 Å². The van der Waals surface area contributed by atoms with Gasteiger partial charge in [-0.1, -0.05) is 0 Å². The Labute approximate surface area is 147 Å². The summed E-state index contributed by atoms with van der Waals surface area (Å²) in [4.78, 5) is 24.7. The SMILES string of the molecule is CCNC(=NCc1csc(N(C)C)n1)N1CCCC(CC(N)=O)C1. The fourth-order valence-electron chi connectivity index (χ4n) is 2.86.